The molecule has 1 N–H and O–H groups in total. The van der Waals surface area contributed by atoms with E-state index in [-0.39, 0.29) is 5.91 Å². The van der Waals surface area contributed by atoms with Crippen molar-refractivity contribution in [2.75, 3.05) is 39.4 Å². The number of amides is 1. The van der Waals surface area contributed by atoms with E-state index < -0.39 is 5.60 Å². The van der Waals surface area contributed by atoms with E-state index in [2.05, 4.69) is 22.8 Å². The van der Waals surface area contributed by atoms with Crippen LogP contribution in [-0.2, 0) is 16.1 Å². The molecule has 0 radical (unpaired) electrons. The lowest BCUT2D eigenvalue weighted by molar-refractivity contribution is -0.135. The minimum Gasteiger partial charge on any atom is -0.378 e. The molecule has 5 nitrogen and oxygen atoms in total. The predicted molar refractivity (Wildman–Crippen MR) is 112 cm³/mol. The third-order valence-electron chi connectivity index (χ3n) is 5.27. The van der Waals surface area contributed by atoms with Gasteiger partial charge in [-0.05, 0) is 57.7 Å². The summed E-state index contributed by atoms with van der Waals surface area (Å²) in [4.78, 5) is 19.1. The second-order valence-electron chi connectivity index (χ2n) is 8.35. The Morgan fingerprint density at radius 3 is 2.86 bits per heavy atom. The van der Waals surface area contributed by atoms with Gasteiger partial charge in [0.15, 0.2) is 0 Å². The summed E-state index contributed by atoms with van der Waals surface area (Å²) < 4.78 is 5.33. The molecule has 28 heavy (non-hydrogen) atoms. The first-order valence-corrected chi connectivity index (χ1v) is 11.1. The highest BCUT2D eigenvalue weighted by molar-refractivity contribution is 7.12. The summed E-state index contributed by atoms with van der Waals surface area (Å²) in [5, 5.41) is 9.74. The largest absolute Gasteiger partial charge is 0.378 e. The summed E-state index contributed by atoms with van der Waals surface area (Å²) in [6.45, 7) is 9.37. The van der Waals surface area contributed by atoms with Crippen molar-refractivity contribution in [2.24, 2.45) is 5.92 Å². The number of nitrogens with zero attached hydrogens (tertiary/aromatic N) is 2. The van der Waals surface area contributed by atoms with Gasteiger partial charge >= 0.3 is 0 Å². The Kier molecular flexibility index (Phi) is 7.53. The van der Waals surface area contributed by atoms with Gasteiger partial charge in [-0.1, -0.05) is 11.8 Å². The standard InChI is InChI=1S/C22H32N2O3S/c1-22(2,26)10-9-19-6-7-20(28-19)17-23-11-3-4-18(16-23)5-8-21(25)24-12-14-27-15-13-24/h6-7,18,26H,3-5,8,11-17H2,1-2H3/t18-/m0/s1. The zero-order valence-corrected chi connectivity index (χ0v) is 17.9. The molecule has 1 atom stereocenters. The number of carbonyl (C=O) groups excluding carboxylic acids is 1. The van der Waals surface area contributed by atoms with Crippen molar-refractivity contribution in [3.8, 4) is 11.8 Å². The molecule has 2 aliphatic heterocycles. The monoisotopic (exact) mass is 404 g/mol. The molecule has 0 bridgehead atoms. The van der Waals surface area contributed by atoms with Gasteiger partial charge in [-0.25, -0.2) is 0 Å². The lowest BCUT2D eigenvalue weighted by atomic mass is 9.93. The fourth-order valence-corrected chi connectivity index (χ4v) is 4.70. The number of piperidine rings is 1. The maximum Gasteiger partial charge on any atom is 0.222 e. The van der Waals surface area contributed by atoms with Crippen molar-refractivity contribution < 1.29 is 14.6 Å². The Labute approximate surface area is 172 Å². The lowest BCUT2D eigenvalue weighted by Crippen LogP contribution is -2.41. The molecule has 0 aromatic carbocycles. The zero-order valence-electron chi connectivity index (χ0n) is 17.1. The Morgan fingerprint density at radius 1 is 1.32 bits per heavy atom. The van der Waals surface area contributed by atoms with Gasteiger partial charge in [0.1, 0.15) is 5.60 Å². The minimum absolute atomic E-state index is 0.286. The molecule has 154 valence electrons. The van der Waals surface area contributed by atoms with Crippen molar-refractivity contribution in [3.05, 3.63) is 21.9 Å². The van der Waals surface area contributed by atoms with Gasteiger partial charge in [-0.3, -0.25) is 9.69 Å². The molecule has 0 unspecified atom stereocenters. The second kappa shape index (κ2) is 9.89. The molecule has 0 aliphatic carbocycles. The minimum atomic E-state index is -0.955. The van der Waals surface area contributed by atoms with Crippen molar-refractivity contribution in [1.29, 1.82) is 0 Å². The Morgan fingerprint density at radius 2 is 2.11 bits per heavy atom. The quantitative estimate of drug-likeness (QED) is 0.767. The highest BCUT2D eigenvalue weighted by Crippen LogP contribution is 2.25. The van der Waals surface area contributed by atoms with Crippen molar-refractivity contribution in [3.63, 3.8) is 0 Å². The fraction of sp³-hybridized carbons (Fsp3) is 0.682. The zero-order chi connectivity index (χ0) is 20.0. The number of hydrogen-bond donors (Lipinski definition) is 1. The van der Waals surface area contributed by atoms with Gasteiger partial charge in [0.25, 0.3) is 0 Å². The van der Waals surface area contributed by atoms with Gasteiger partial charge < -0.3 is 14.7 Å². The number of thiophene rings is 1. The fourth-order valence-electron chi connectivity index (χ4n) is 3.79. The van der Waals surface area contributed by atoms with Crippen LogP contribution in [0.5, 0.6) is 0 Å². The van der Waals surface area contributed by atoms with E-state index in [9.17, 15) is 9.90 Å². The maximum absolute atomic E-state index is 12.4. The number of aliphatic hydroxyl groups is 1. The predicted octanol–water partition coefficient (Wildman–Crippen LogP) is 2.72. The van der Waals surface area contributed by atoms with E-state index in [4.69, 9.17) is 4.74 Å². The van der Waals surface area contributed by atoms with Gasteiger partial charge in [0, 0.05) is 37.5 Å². The molecule has 3 rings (SSSR count). The molecule has 6 heteroatoms. The number of carbonyl (C=O) groups is 1. The summed E-state index contributed by atoms with van der Waals surface area (Å²) >= 11 is 1.71. The molecular formula is C22H32N2O3S. The molecule has 0 saturated carbocycles. The van der Waals surface area contributed by atoms with Gasteiger partial charge in [-0.2, -0.15) is 0 Å². The van der Waals surface area contributed by atoms with Gasteiger partial charge in [-0.15, -0.1) is 11.3 Å². The van der Waals surface area contributed by atoms with Crippen LogP contribution in [0, 0.1) is 17.8 Å². The van der Waals surface area contributed by atoms with E-state index in [0.29, 0.717) is 25.6 Å². The molecule has 0 spiro atoms. The molecule has 2 fully saturated rings. The highest BCUT2D eigenvalue weighted by Gasteiger charge is 2.23. The van der Waals surface area contributed by atoms with Crippen LogP contribution in [0.2, 0.25) is 0 Å². The van der Waals surface area contributed by atoms with Crippen LogP contribution in [0.4, 0.5) is 0 Å². The van der Waals surface area contributed by atoms with Crippen LogP contribution < -0.4 is 0 Å². The third-order valence-corrected chi connectivity index (χ3v) is 6.25. The van der Waals surface area contributed by atoms with Crippen molar-refractivity contribution >= 4 is 17.2 Å². The summed E-state index contributed by atoms with van der Waals surface area (Å²) in [6, 6.07) is 4.19. The molecule has 2 saturated heterocycles. The number of ether oxygens (including phenoxy) is 1. The third kappa shape index (κ3) is 6.89. The highest BCUT2D eigenvalue weighted by atomic mass is 32.1. The normalized spacial score (nSPS) is 21.2. The Balaban J connectivity index is 1.45. The van der Waals surface area contributed by atoms with Crippen LogP contribution in [0.15, 0.2) is 12.1 Å². The number of rotatable bonds is 5. The van der Waals surface area contributed by atoms with Crippen LogP contribution >= 0.6 is 11.3 Å². The topological polar surface area (TPSA) is 53.0 Å². The van der Waals surface area contributed by atoms with Gasteiger partial charge in [0.05, 0.1) is 18.1 Å². The number of hydrogen-bond acceptors (Lipinski definition) is 5. The molecule has 1 amide bonds. The first-order valence-electron chi connectivity index (χ1n) is 10.3. The molecule has 3 heterocycles. The SMILES string of the molecule is CC(C)(O)C#Cc1ccc(CN2CCC[C@@H](CCC(=O)N3CCOCC3)C2)s1. The van der Waals surface area contributed by atoms with Crippen LogP contribution in [-0.4, -0.2) is 65.8 Å². The summed E-state index contributed by atoms with van der Waals surface area (Å²) in [5.41, 5.74) is -0.955. The number of likely N-dealkylation sites (tertiary alicyclic amines) is 1. The van der Waals surface area contributed by atoms with Crippen LogP contribution in [0.3, 0.4) is 0 Å². The van der Waals surface area contributed by atoms with Crippen molar-refractivity contribution in [2.45, 2.75) is 51.7 Å². The van der Waals surface area contributed by atoms with Crippen molar-refractivity contribution in [1.82, 2.24) is 9.80 Å². The molecule has 1 aromatic rings. The average Bonchev–Trinajstić information content (AvgIpc) is 3.12. The van der Waals surface area contributed by atoms with Gasteiger partial charge in [0.2, 0.25) is 5.91 Å². The van der Waals surface area contributed by atoms with E-state index in [0.717, 1.165) is 44.0 Å². The van der Waals surface area contributed by atoms with E-state index in [1.807, 2.05) is 11.0 Å². The number of morpholine rings is 1. The molecule has 1 aromatic heterocycles. The van der Waals surface area contributed by atoms with Crippen LogP contribution in [0.25, 0.3) is 0 Å². The second-order valence-corrected chi connectivity index (χ2v) is 9.52. The lowest BCUT2D eigenvalue weighted by Gasteiger charge is -2.33. The molecule has 2 aliphatic rings. The van der Waals surface area contributed by atoms with E-state index in [1.54, 1.807) is 25.2 Å². The summed E-state index contributed by atoms with van der Waals surface area (Å²) in [5.74, 6) is 6.83. The van der Waals surface area contributed by atoms with E-state index >= 15 is 0 Å². The first-order chi connectivity index (χ1) is 13.4. The maximum atomic E-state index is 12.4. The Bertz CT molecular complexity index is 707. The molecular weight excluding hydrogens is 372 g/mol. The average molecular weight is 405 g/mol. The first kappa shape index (κ1) is 21.3. The van der Waals surface area contributed by atoms with Crippen LogP contribution in [0.1, 0.15) is 49.3 Å². The Hall–Kier alpha value is -1.39. The smallest absolute Gasteiger partial charge is 0.222 e. The van der Waals surface area contributed by atoms with E-state index in [1.165, 1.54) is 17.7 Å². The summed E-state index contributed by atoms with van der Waals surface area (Å²) in [6.07, 6.45) is 4.07. The summed E-state index contributed by atoms with van der Waals surface area (Å²) in [7, 11) is 0.